The third-order valence-corrected chi connectivity index (χ3v) is 5.56. The Hall–Kier alpha value is -1.92. The van der Waals surface area contributed by atoms with E-state index in [1.54, 1.807) is 12.1 Å². The van der Waals surface area contributed by atoms with Gasteiger partial charge in [-0.15, -0.1) is 12.4 Å². The Morgan fingerprint density at radius 1 is 1.33 bits per heavy atom. The third-order valence-electron chi connectivity index (χ3n) is 5.56. The molecule has 2 aliphatic heterocycles. The first-order valence-electron chi connectivity index (χ1n) is 9.38. The van der Waals surface area contributed by atoms with Crippen molar-refractivity contribution in [1.82, 2.24) is 20.0 Å². The van der Waals surface area contributed by atoms with Crippen LogP contribution in [0.2, 0.25) is 0 Å². The molecule has 2 aromatic rings. The van der Waals surface area contributed by atoms with Gasteiger partial charge in [0.05, 0.1) is 24.5 Å². The fraction of sp³-hybridized carbons (Fsp3) is 0.500. The lowest BCUT2D eigenvalue weighted by molar-refractivity contribution is -0.133. The van der Waals surface area contributed by atoms with E-state index in [9.17, 15) is 9.18 Å². The molecule has 0 spiro atoms. The van der Waals surface area contributed by atoms with Crippen LogP contribution in [0, 0.1) is 18.7 Å². The summed E-state index contributed by atoms with van der Waals surface area (Å²) in [5, 5.41) is 8.01. The highest BCUT2D eigenvalue weighted by Gasteiger charge is 2.28. The van der Waals surface area contributed by atoms with E-state index in [0.717, 1.165) is 49.4 Å². The van der Waals surface area contributed by atoms with Gasteiger partial charge in [0.2, 0.25) is 5.91 Å². The van der Waals surface area contributed by atoms with Crippen molar-refractivity contribution >= 4 is 18.3 Å². The monoisotopic (exact) mass is 392 g/mol. The van der Waals surface area contributed by atoms with Crippen molar-refractivity contribution in [2.45, 2.75) is 39.3 Å². The number of carbonyl (C=O) groups excluding carboxylic acids is 1. The summed E-state index contributed by atoms with van der Waals surface area (Å²) in [6, 6.07) is 6.53. The highest BCUT2D eigenvalue weighted by Crippen LogP contribution is 2.25. The Bertz CT molecular complexity index is 799. The first-order valence-corrected chi connectivity index (χ1v) is 9.38. The predicted molar refractivity (Wildman–Crippen MR) is 104 cm³/mol. The summed E-state index contributed by atoms with van der Waals surface area (Å²) in [6.07, 6.45) is 2.58. The summed E-state index contributed by atoms with van der Waals surface area (Å²) < 4.78 is 15.1. The molecule has 1 aromatic heterocycles. The smallest absolute Gasteiger partial charge is 0.223 e. The molecule has 1 atom stereocenters. The van der Waals surface area contributed by atoms with Gasteiger partial charge in [0, 0.05) is 13.0 Å². The SMILES string of the molecule is Cc1nn(Cc2ccc(F)cc2)c2c1CCN(C(=O)CC1CCNC1)C2.Cl. The van der Waals surface area contributed by atoms with Gasteiger partial charge < -0.3 is 10.2 Å². The number of carbonyl (C=O) groups is 1. The summed E-state index contributed by atoms with van der Waals surface area (Å²) in [5.41, 5.74) is 4.43. The lowest BCUT2D eigenvalue weighted by Gasteiger charge is -2.29. The zero-order valence-corrected chi connectivity index (χ0v) is 16.4. The molecule has 0 bridgehead atoms. The number of hydrogen-bond donors (Lipinski definition) is 1. The maximum Gasteiger partial charge on any atom is 0.223 e. The maximum absolute atomic E-state index is 13.1. The van der Waals surface area contributed by atoms with E-state index in [2.05, 4.69) is 10.4 Å². The van der Waals surface area contributed by atoms with E-state index in [4.69, 9.17) is 0 Å². The molecule has 1 amide bonds. The standard InChI is InChI=1S/C20H25FN4O.ClH/c1-14-18-7-9-24(20(26)10-16-6-8-22-11-16)13-19(18)25(23-14)12-15-2-4-17(21)5-3-15;/h2-5,16,22H,6-13H2,1H3;1H. The van der Waals surface area contributed by atoms with Gasteiger partial charge in [-0.05, 0) is 62.0 Å². The number of amides is 1. The van der Waals surface area contributed by atoms with Gasteiger partial charge in [-0.2, -0.15) is 5.10 Å². The maximum atomic E-state index is 13.1. The molecule has 27 heavy (non-hydrogen) atoms. The second-order valence-corrected chi connectivity index (χ2v) is 7.42. The molecule has 1 N–H and O–H groups in total. The third kappa shape index (κ3) is 4.33. The van der Waals surface area contributed by atoms with Gasteiger partial charge in [-0.1, -0.05) is 12.1 Å². The molecule has 1 fully saturated rings. The number of aromatic nitrogens is 2. The number of rotatable bonds is 4. The van der Waals surface area contributed by atoms with Gasteiger partial charge in [-0.25, -0.2) is 4.39 Å². The van der Waals surface area contributed by atoms with Crippen LogP contribution < -0.4 is 5.32 Å². The molecule has 1 aromatic carbocycles. The van der Waals surface area contributed by atoms with Crippen LogP contribution in [0.3, 0.4) is 0 Å². The summed E-state index contributed by atoms with van der Waals surface area (Å²) in [6.45, 7) is 6.00. The topological polar surface area (TPSA) is 50.2 Å². The Balaban J connectivity index is 0.00000210. The average molecular weight is 393 g/mol. The second kappa shape index (κ2) is 8.40. The van der Waals surface area contributed by atoms with E-state index in [1.807, 2.05) is 16.5 Å². The summed E-state index contributed by atoms with van der Waals surface area (Å²) in [7, 11) is 0. The van der Waals surface area contributed by atoms with Crippen LogP contribution in [0.4, 0.5) is 4.39 Å². The van der Waals surface area contributed by atoms with E-state index >= 15 is 0 Å². The predicted octanol–water partition coefficient (Wildman–Crippen LogP) is 2.69. The fourth-order valence-electron chi connectivity index (χ4n) is 4.05. The van der Waals surface area contributed by atoms with Crippen LogP contribution in [0.25, 0.3) is 0 Å². The molecule has 7 heteroatoms. The van der Waals surface area contributed by atoms with Crippen molar-refractivity contribution in [2.24, 2.45) is 5.92 Å². The van der Waals surface area contributed by atoms with Gasteiger partial charge in [0.25, 0.3) is 0 Å². The van der Waals surface area contributed by atoms with Crippen molar-refractivity contribution in [3.8, 4) is 0 Å². The molecule has 3 heterocycles. The summed E-state index contributed by atoms with van der Waals surface area (Å²) in [5.74, 6) is 0.483. The molecule has 4 rings (SSSR count). The fourth-order valence-corrected chi connectivity index (χ4v) is 4.05. The Labute approximate surface area is 165 Å². The van der Waals surface area contributed by atoms with Gasteiger partial charge in [-0.3, -0.25) is 9.48 Å². The molecule has 1 saturated heterocycles. The molecule has 0 radical (unpaired) electrons. The number of halogens is 2. The molecule has 5 nitrogen and oxygen atoms in total. The highest BCUT2D eigenvalue weighted by molar-refractivity contribution is 5.85. The minimum absolute atomic E-state index is 0. The average Bonchev–Trinajstić information content (AvgIpc) is 3.25. The number of nitrogens with zero attached hydrogens (tertiary/aromatic N) is 3. The van der Waals surface area contributed by atoms with Crippen molar-refractivity contribution in [3.63, 3.8) is 0 Å². The van der Waals surface area contributed by atoms with Crippen LogP contribution in [-0.2, 0) is 24.3 Å². The van der Waals surface area contributed by atoms with Crippen LogP contribution in [0.5, 0.6) is 0 Å². The van der Waals surface area contributed by atoms with Gasteiger partial charge in [0.1, 0.15) is 5.82 Å². The first-order chi connectivity index (χ1) is 12.6. The van der Waals surface area contributed by atoms with Crippen LogP contribution in [0.15, 0.2) is 24.3 Å². The van der Waals surface area contributed by atoms with E-state index < -0.39 is 0 Å². The molecule has 1 unspecified atom stereocenters. The molecular weight excluding hydrogens is 367 g/mol. The minimum atomic E-state index is -0.231. The molecule has 146 valence electrons. The lowest BCUT2D eigenvalue weighted by atomic mass is 10.0. The Kier molecular flexibility index (Phi) is 6.17. The number of nitrogens with one attached hydrogen (secondary N) is 1. The minimum Gasteiger partial charge on any atom is -0.336 e. The van der Waals surface area contributed by atoms with Gasteiger partial charge in [0.15, 0.2) is 0 Å². The molecule has 2 aliphatic rings. The quantitative estimate of drug-likeness (QED) is 0.870. The Morgan fingerprint density at radius 2 is 2.11 bits per heavy atom. The van der Waals surface area contributed by atoms with Crippen LogP contribution >= 0.6 is 12.4 Å². The van der Waals surface area contributed by atoms with Crippen molar-refractivity contribution in [2.75, 3.05) is 19.6 Å². The molecule has 0 aliphatic carbocycles. The number of benzene rings is 1. The van der Waals surface area contributed by atoms with E-state index in [1.165, 1.54) is 17.7 Å². The summed E-state index contributed by atoms with van der Waals surface area (Å²) >= 11 is 0. The zero-order chi connectivity index (χ0) is 18.1. The van der Waals surface area contributed by atoms with Crippen molar-refractivity contribution in [1.29, 1.82) is 0 Å². The molecule has 0 saturated carbocycles. The van der Waals surface area contributed by atoms with Crippen LogP contribution in [-0.4, -0.2) is 40.2 Å². The number of aryl methyl sites for hydroxylation is 1. The highest BCUT2D eigenvalue weighted by atomic mass is 35.5. The number of hydrogen-bond acceptors (Lipinski definition) is 3. The van der Waals surface area contributed by atoms with Crippen LogP contribution in [0.1, 0.15) is 35.4 Å². The number of fused-ring (bicyclic) bond motifs is 1. The van der Waals surface area contributed by atoms with Crippen molar-refractivity contribution in [3.05, 3.63) is 52.6 Å². The lowest BCUT2D eigenvalue weighted by Crippen LogP contribution is -2.37. The van der Waals surface area contributed by atoms with Gasteiger partial charge >= 0.3 is 0 Å². The second-order valence-electron chi connectivity index (χ2n) is 7.42. The zero-order valence-electron chi connectivity index (χ0n) is 15.6. The molecular formula is C20H26ClFN4O. The van der Waals surface area contributed by atoms with Crippen molar-refractivity contribution < 1.29 is 9.18 Å². The van der Waals surface area contributed by atoms with E-state index in [0.29, 0.717) is 25.4 Å². The Morgan fingerprint density at radius 3 is 2.81 bits per heavy atom. The largest absolute Gasteiger partial charge is 0.336 e. The van der Waals surface area contributed by atoms with E-state index in [-0.39, 0.29) is 24.1 Å². The summed E-state index contributed by atoms with van der Waals surface area (Å²) in [4.78, 5) is 14.7. The normalized spacial score (nSPS) is 18.9. The first kappa shape index (κ1) is 19.8.